The van der Waals surface area contributed by atoms with E-state index in [4.69, 9.17) is 5.79 Å². The molecule has 1 unspecified atom stereocenters. The van der Waals surface area contributed by atoms with E-state index in [0.29, 0.717) is 11.2 Å². The zero-order chi connectivity index (χ0) is 45.4. The van der Waals surface area contributed by atoms with Crippen molar-refractivity contribution >= 4 is 66.8 Å². The topological polar surface area (TPSA) is 19.6 Å². The van der Waals surface area contributed by atoms with Crippen LogP contribution in [0.1, 0.15) is 29.1 Å². The van der Waals surface area contributed by atoms with Crippen LogP contribution in [0.4, 0.5) is 34.1 Å². The molecule has 1 aromatic heterocycles. The third-order valence-corrected chi connectivity index (χ3v) is 12.4. The summed E-state index contributed by atoms with van der Waals surface area (Å²) in [5, 5.41) is 3.88. The molecule has 12 rings (SSSR count). The number of hydrogen-bond donors (Lipinski definition) is 0. The number of rotatable bonds is 8. The summed E-state index contributed by atoms with van der Waals surface area (Å²) in [7, 11) is 0. The highest BCUT2D eigenvalue weighted by molar-refractivity contribution is 6.09. The van der Waals surface area contributed by atoms with Crippen LogP contribution >= 0.6 is 0 Å². The van der Waals surface area contributed by atoms with Gasteiger partial charge in [-0.15, -0.1) is 0 Å². The molecule has 0 amide bonds. The maximum absolute atomic E-state index is 9.83. The average Bonchev–Trinajstić information content (AvgIpc) is 3.90. The molecule has 1 heterocycles. The summed E-state index contributed by atoms with van der Waals surface area (Å²) in [5.41, 5.74) is 9.85. The number of fused-ring (bicyclic) bond motifs is 7. The summed E-state index contributed by atoms with van der Waals surface area (Å²) in [4.78, 5) is 4.51. The van der Waals surface area contributed by atoms with Crippen LogP contribution in [0.5, 0.6) is 0 Å². The number of furan rings is 1. The van der Waals surface area contributed by atoms with Crippen LogP contribution in [-0.2, 0) is 5.41 Å². The normalized spacial score (nSPS) is 15.3. The fraction of sp³-hybridized carbons (Fsp3) is 0.0169. The van der Waals surface area contributed by atoms with Crippen LogP contribution in [0.15, 0.2) is 247 Å². The molecule has 62 heavy (non-hydrogen) atoms. The summed E-state index contributed by atoms with van der Waals surface area (Å²) in [6.45, 7) is 0. The van der Waals surface area contributed by atoms with Crippen LogP contribution in [0.2, 0.25) is 0 Å². The van der Waals surface area contributed by atoms with Crippen molar-refractivity contribution in [3.8, 4) is 11.1 Å². The molecule has 0 fully saturated rings. The highest BCUT2D eigenvalue weighted by Crippen LogP contribution is 2.60. The first-order valence-electron chi connectivity index (χ1n) is 23.4. The number of nitrogens with zero attached hydrogens (tertiary/aromatic N) is 2. The number of para-hydroxylation sites is 4. The standard InChI is InChI=1S/C59H40N2O/c1-5-21-42(22-6-1)59(54-31-18-34-57-58(54)49-30-15-16-33-56(49)62-57)52-37-35-46(60(43-23-7-2-8-24-43)44-25-9-3-10-26-44)39-50(52)51-40-47(36-38-53(51)59)61(45-27-11-4-12-28-45)55-32-17-20-41-19-13-14-29-48(41)55/h1-40H/i1D,5D,6D,21D,22D. The second-order valence-corrected chi connectivity index (χ2v) is 15.7. The quantitative estimate of drug-likeness (QED) is 0.153. The fourth-order valence-electron chi connectivity index (χ4n) is 9.82. The van der Waals surface area contributed by atoms with Crippen molar-refractivity contribution in [3.05, 3.63) is 265 Å². The fourth-order valence-corrected chi connectivity index (χ4v) is 9.82. The smallest absolute Gasteiger partial charge is 0.135 e. The minimum atomic E-state index is -1.43. The first-order chi connectivity index (χ1) is 32.8. The lowest BCUT2D eigenvalue weighted by Crippen LogP contribution is -2.29. The molecule has 1 aliphatic carbocycles. The molecule has 0 radical (unpaired) electrons. The Kier molecular flexibility index (Phi) is 7.23. The zero-order valence-corrected chi connectivity index (χ0v) is 33.5. The van der Waals surface area contributed by atoms with Gasteiger partial charge in [-0.2, -0.15) is 0 Å². The van der Waals surface area contributed by atoms with Crippen LogP contribution in [0.25, 0.3) is 43.8 Å². The first kappa shape index (κ1) is 30.8. The van der Waals surface area contributed by atoms with E-state index in [1.165, 1.54) is 0 Å². The average molecular weight is 798 g/mol. The highest BCUT2D eigenvalue weighted by atomic mass is 16.3. The van der Waals surface area contributed by atoms with E-state index in [-0.39, 0.29) is 17.6 Å². The Hall–Kier alpha value is -8.14. The lowest BCUT2D eigenvalue weighted by atomic mass is 9.66. The lowest BCUT2D eigenvalue weighted by Gasteiger charge is -2.35. The van der Waals surface area contributed by atoms with E-state index in [1.54, 1.807) is 0 Å². The molecule has 1 aliphatic rings. The second kappa shape index (κ2) is 14.5. The maximum atomic E-state index is 9.83. The van der Waals surface area contributed by atoms with E-state index < -0.39 is 23.5 Å². The molecule has 3 nitrogen and oxygen atoms in total. The third-order valence-electron chi connectivity index (χ3n) is 12.4. The van der Waals surface area contributed by atoms with Gasteiger partial charge in [0.15, 0.2) is 0 Å². The number of benzene rings is 10. The summed E-state index contributed by atoms with van der Waals surface area (Å²) >= 11 is 0. The minimum absolute atomic E-state index is 0.175. The van der Waals surface area contributed by atoms with E-state index in [9.17, 15) is 5.48 Å². The monoisotopic (exact) mass is 797 g/mol. The summed E-state index contributed by atoms with van der Waals surface area (Å²) in [6, 6.07) is 70.5. The van der Waals surface area contributed by atoms with Crippen molar-refractivity contribution in [3.63, 3.8) is 0 Å². The van der Waals surface area contributed by atoms with Crippen LogP contribution in [0.3, 0.4) is 0 Å². The highest BCUT2D eigenvalue weighted by Gasteiger charge is 2.48. The molecular formula is C59H40N2O. The zero-order valence-electron chi connectivity index (χ0n) is 38.5. The number of hydrogen-bond acceptors (Lipinski definition) is 3. The van der Waals surface area contributed by atoms with Gasteiger partial charge in [-0.25, -0.2) is 0 Å². The molecule has 292 valence electrons. The van der Waals surface area contributed by atoms with Gasteiger partial charge in [-0.1, -0.05) is 164 Å². The van der Waals surface area contributed by atoms with Gasteiger partial charge in [0, 0.05) is 44.6 Å². The van der Waals surface area contributed by atoms with E-state index in [1.807, 2.05) is 97.1 Å². The van der Waals surface area contributed by atoms with Gasteiger partial charge in [0.05, 0.1) is 18.0 Å². The van der Waals surface area contributed by atoms with Gasteiger partial charge in [0.2, 0.25) is 0 Å². The number of anilines is 6. The van der Waals surface area contributed by atoms with Crippen LogP contribution in [0, 0.1) is 0 Å². The third kappa shape index (κ3) is 5.52. The van der Waals surface area contributed by atoms with Crippen molar-refractivity contribution < 1.29 is 11.3 Å². The molecule has 3 heteroatoms. The van der Waals surface area contributed by atoms with Gasteiger partial charge >= 0.3 is 0 Å². The van der Waals surface area contributed by atoms with Gasteiger partial charge < -0.3 is 14.2 Å². The molecule has 0 aliphatic heterocycles. The Morgan fingerprint density at radius 2 is 0.903 bits per heavy atom. The van der Waals surface area contributed by atoms with Gasteiger partial charge in [-0.05, 0) is 118 Å². The molecule has 0 bridgehead atoms. The summed E-state index contributed by atoms with van der Waals surface area (Å²) in [5.74, 6) is 0. The summed E-state index contributed by atoms with van der Waals surface area (Å²) < 4.78 is 53.3. The predicted octanol–water partition coefficient (Wildman–Crippen LogP) is 16.0. The largest absolute Gasteiger partial charge is 0.456 e. The molecule has 0 N–H and O–H groups in total. The molecule has 0 saturated heterocycles. The molecule has 1 atom stereocenters. The summed E-state index contributed by atoms with van der Waals surface area (Å²) in [6.07, 6.45) is 0. The molecule has 0 saturated carbocycles. The SMILES string of the molecule is [2H]c1c([2H])c([2H])c(C2(c3cccc4oc5ccccc5c34)c3ccc(N(c4ccccc4)c4ccccc4)cc3-c3cc(N(c4ccccc4)c4cccc5ccccc45)ccc32)c([2H])c1[2H]. The van der Waals surface area contributed by atoms with Crippen LogP contribution in [-0.4, -0.2) is 0 Å². The Morgan fingerprint density at radius 1 is 0.387 bits per heavy atom. The van der Waals surface area contributed by atoms with E-state index in [0.717, 1.165) is 83.5 Å². The first-order valence-corrected chi connectivity index (χ1v) is 20.9. The molecule has 0 spiro atoms. The Labute approximate surface area is 368 Å². The Balaban J connectivity index is 1.24. The molecule has 10 aromatic carbocycles. The lowest BCUT2D eigenvalue weighted by molar-refractivity contribution is 0.667. The predicted molar refractivity (Wildman–Crippen MR) is 258 cm³/mol. The van der Waals surface area contributed by atoms with E-state index in [2.05, 4.69) is 125 Å². The van der Waals surface area contributed by atoms with Crippen molar-refractivity contribution in [2.45, 2.75) is 5.41 Å². The van der Waals surface area contributed by atoms with Gasteiger partial charge in [0.25, 0.3) is 0 Å². The van der Waals surface area contributed by atoms with Crippen molar-refractivity contribution in [1.82, 2.24) is 0 Å². The Morgan fingerprint density at radius 3 is 1.56 bits per heavy atom. The molecule has 11 aromatic rings. The molecular weight excluding hydrogens is 753 g/mol. The van der Waals surface area contributed by atoms with Gasteiger partial charge in [0.1, 0.15) is 11.2 Å². The van der Waals surface area contributed by atoms with Gasteiger partial charge in [-0.3, -0.25) is 0 Å². The van der Waals surface area contributed by atoms with Crippen molar-refractivity contribution in [2.24, 2.45) is 0 Å². The van der Waals surface area contributed by atoms with Crippen LogP contribution < -0.4 is 9.80 Å². The van der Waals surface area contributed by atoms with Crippen molar-refractivity contribution in [1.29, 1.82) is 0 Å². The van der Waals surface area contributed by atoms with Crippen molar-refractivity contribution in [2.75, 3.05) is 9.80 Å². The second-order valence-electron chi connectivity index (χ2n) is 15.7. The minimum Gasteiger partial charge on any atom is -0.456 e. The Bertz CT molecular complexity index is 3650. The maximum Gasteiger partial charge on any atom is 0.135 e. The van der Waals surface area contributed by atoms with E-state index >= 15 is 0 Å².